The molecule has 122 valence electrons. The van der Waals surface area contributed by atoms with E-state index >= 15 is 0 Å². The first-order chi connectivity index (χ1) is 12.2. The van der Waals surface area contributed by atoms with Crippen LogP contribution in [0.15, 0.2) is 108 Å². The van der Waals surface area contributed by atoms with E-state index in [1.807, 2.05) is 12.2 Å². The third-order valence-corrected chi connectivity index (χ3v) is 5.62. The minimum absolute atomic E-state index is 0.283. The predicted molar refractivity (Wildman–Crippen MR) is 108 cm³/mol. The molecule has 25 heavy (non-hydrogen) atoms. The number of hydrogen-bond acceptors (Lipinski definition) is 0. The minimum atomic E-state index is -0.283. The summed E-state index contributed by atoms with van der Waals surface area (Å²) in [7, 11) is 0. The molecule has 0 nitrogen and oxygen atoms in total. The van der Waals surface area contributed by atoms with E-state index in [1.165, 1.54) is 44.5 Å². The van der Waals surface area contributed by atoms with E-state index in [1.54, 1.807) is 0 Å². The first kappa shape index (κ1) is 15.7. The maximum atomic E-state index is 4.18. The molecule has 0 heteroatoms. The zero-order valence-corrected chi connectivity index (χ0v) is 14.8. The molecule has 0 aromatic heterocycles. The summed E-state index contributed by atoms with van der Waals surface area (Å²) in [4.78, 5) is 0. The smallest absolute Gasteiger partial charge is 0.0722 e. The molecule has 1 spiro atoms. The van der Waals surface area contributed by atoms with E-state index in [9.17, 15) is 0 Å². The van der Waals surface area contributed by atoms with Crippen molar-refractivity contribution in [1.82, 2.24) is 0 Å². The Morgan fingerprint density at radius 1 is 0.760 bits per heavy atom. The Morgan fingerprint density at radius 2 is 1.32 bits per heavy atom. The van der Waals surface area contributed by atoms with Crippen LogP contribution < -0.4 is 0 Å². The molecule has 2 aliphatic rings. The second kappa shape index (κ2) is 5.60. The number of allylic oxidation sites excluding steroid dienone is 8. The molecule has 0 unspecified atom stereocenters. The van der Waals surface area contributed by atoms with Crippen LogP contribution in [0.2, 0.25) is 0 Å². The van der Waals surface area contributed by atoms with Gasteiger partial charge in [0.15, 0.2) is 0 Å². The van der Waals surface area contributed by atoms with Crippen LogP contribution in [-0.2, 0) is 5.41 Å². The molecule has 2 aromatic rings. The van der Waals surface area contributed by atoms with Gasteiger partial charge in [-0.3, -0.25) is 0 Å². The van der Waals surface area contributed by atoms with Crippen molar-refractivity contribution < 1.29 is 0 Å². The maximum Gasteiger partial charge on any atom is 0.0722 e. The molecule has 0 saturated heterocycles. The summed E-state index contributed by atoms with van der Waals surface area (Å²) in [6, 6.07) is 17.5. The second-order valence-electron chi connectivity index (χ2n) is 6.48. The first-order valence-electron chi connectivity index (χ1n) is 8.78. The molecule has 0 bridgehead atoms. The summed E-state index contributed by atoms with van der Waals surface area (Å²) in [5.41, 5.74) is 10.1. The fraction of sp³-hybridized carbons (Fsp3) is 0.120. The van der Waals surface area contributed by atoms with E-state index in [0.717, 1.165) is 0 Å². The van der Waals surface area contributed by atoms with Crippen LogP contribution in [0.1, 0.15) is 25.0 Å². The number of fused-ring (bicyclic) bond motifs is 5. The van der Waals surface area contributed by atoms with Gasteiger partial charge in [-0.05, 0) is 58.4 Å². The largest absolute Gasteiger partial charge is 0.0987 e. The van der Waals surface area contributed by atoms with Gasteiger partial charge in [0.25, 0.3) is 0 Å². The summed E-state index contributed by atoms with van der Waals surface area (Å²) >= 11 is 0. The number of rotatable bonds is 2. The van der Waals surface area contributed by atoms with Gasteiger partial charge in [-0.25, -0.2) is 0 Å². The molecule has 0 radical (unpaired) electrons. The zero-order valence-electron chi connectivity index (χ0n) is 14.8. The average molecular weight is 322 g/mol. The predicted octanol–water partition coefficient (Wildman–Crippen LogP) is 6.53. The molecule has 0 atom stereocenters. The zero-order chi connectivity index (χ0) is 17.6. The van der Waals surface area contributed by atoms with Gasteiger partial charge in [0.05, 0.1) is 5.41 Å². The SMILES string of the molecule is C=CC1=C(C=C)C2(C(=C/C)/C1=C\C)c1ccccc1-c1ccccc12. The fourth-order valence-electron chi connectivity index (χ4n) is 4.82. The van der Waals surface area contributed by atoms with Crippen molar-refractivity contribution in [2.24, 2.45) is 0 Å². The summed E-state index contributed by atoms with van der Waals surface area (Å²) in [6.07, 6.45) is 8.46. The normalized spacial score (nSPS) is 20.2. The van der Waals surface area contributed by atoms with Crippen molar-refractivity contribution >= 4 is 0 Å². The van der Waals surface area contributed by atoms with Crippen molar-refractivity contribution in [2.45, 2.75) is 19.3 Å². The highest BCUT2D eigenvalue weighted by Gasteiger charge is 2.52. The van der Waals surface area contributed by atoms with Crippen LogP contribution in [0.3, 0.4) is 0 Å². The van der Waals surface area contributed by atoms with Crippen molar-refractivity contribution in [3.63, 3.8) is 0 Å². The van der Waals surface area contributed by atoms with Crippen molar-refractivity contribution in [3.05, 3.63) is 119 Å². The van der Waals surface area contributed by atoms with E-state index in [2.05, 4.69) is 87.7 Å². The highest BCUT2D eigenvalue weighted by Crippen LogP contribution is 2.63. The van der Waals surface area contributed by atoms with Crippen LogP contribution in [0.5, 0.6) is 0 Å². The Balaban J connectivity index is 2.25. The van der Waals surface area contributed by atoms with Crippen molar-refractivity contribution in [3.8, 4) is 11.1 Å². The molecule has 2 aromatic carbocycles. The lowest BCUT2D eigenvalue weighted by atomic mass is 9.69. The van der Waals surface area contributed by atoms with Gasteiger partial charge in [-0.2, -0.15) is 0 Å². The Bertz CT molecular complexity index is 947. The quantitative estimate of drug-likeness (QED) is 0.590. The lowest BCUT2D eigenvalue weighted by Gasteiger charge is -2.32. The van der Waals surface area contributed by atoms with Crippen LogP contribution in [-0.4, -0.2) is 0 Å². The van der Waals surface area contributed by atoms with Crippen molar-refractivity contribution in [1.29, 1.82) is 0 Å². The van der Waals surface area contributed by atoms with E-state index in [0.29, 0.717) is 0 Å². The second-order valence-corrected chi connectivity index (χ2v) is 6.48. The fourth-order valence-corrected chi connectivity index (χ4v) is 4.82. The number of benzene rings is 2. The minimum Gasteiger partial charge on any atom is -0.0987 e. The summed E-state index contributed by atoms with van der Waals surface area (Å²) in [6.45, 7) is 12.5. The van der Waals surface area contributed by atoms with Gasteiger partial charge < -0.3 is 0 Å². The molecule has 4 rings (SSSR count). The maximum absolute atomic E-state index is 4.18. The molecule has 0 heterocycles. The van der Waals surface area contributed by atoms with Gasteiger partial charge in [-0.1, -0.05) is 86.0 Å². The van der Waals surface area contributed by atoms with Crippen LogP contribution >= 0.6 is 0 Å². The number of hydrogen-bond donors (Lipinski definition) is 0. The highest BCUT2D eigenvalue weighted by atomic mass is 14.5. The molecule has 0 N–H and O–H groups in total. The highest BCUT2D eigenvalue weighted by molar-refractivity contribution is 5.91. The van der Waals surface area contributed by atoms with Gasteiger partial charge in [0.1, 0.15) is 0 Å². The Morgan fingerprint density at radius 3 is 1.76 bits per heavy atom. The Kier molecular flexibility index (Phi) is 3.51. The van der Waals surface area contributed by atoms with Gasteiger partial charge in [0, 0.05) is 0 Å². The Hall–Kier alpha value is -2.86. The molecule has 0 saturated carbocycles. The topological polar surface area (TPSA) is 0 Å². The molecule has 2 aliphatic carbocycles. The first-order valence-corrected chi connectivity index (χ1v) is 8.78. The summed E-state index contributed by atoms with van der Waals surface area (Å²) in [5, 5.41) is 0. The average Bonchev–Trinajstić information content (AvgIpc) is 3.12. The lowest BCUT2D eigenvalue weighted by Crippen LogP contribution is -2.26. The molecular formula is C25H22. The van der Waals surface area contributed by atoms with E-state index in [-0.39, 0.29) is 5.41 Å². The van der Waals surface area contributed by atoms with Crippen LogP contribution in [0.25, 0.3) is 11.1 Å². The van der Waals surface area contributed by atoms with Crippen molar-refractivity contribution in [2.75, 3.05) is 0 Å². The molecule has 0 aliphatic heterocycles. The lowest BCUT2D eigenvalue weighted by molar-refractivity contribution is 0.781. The third kappa shape index (κ3) is 1.72. The van der Waals surface area contributed by atoms with Crippen LogP contribution in [0.4, 0.5) is 0 Å². The molecular weight excluding hydrogens is 300 g/mol. The Labute approximate surface area is 150 Å². The van der Waals surface area contributed by atoms with Crippen LogP contribution in [0, 0.1) is 0 Å². The standard InChI is InChI=1S/C25H22/c1-5-17-18(6-2)22(8-4)25(21(17)7-3)23-15-11-9-13-19(23)20-14-10-12-16-24(20)25/h5-16H,1,3H2,2,4H3/b18-6-,22-8+. The monoisotopic (exact) mass is 322 g/mol. The molecule has 0 amide bonds. The molecule has 0 fully saturated rings. The third-order valence-electron chi connectivity index (χ3n) is 5.62. The van der Waals surface area contributed by atoms with Gasteiger partial charge in [-0.15, -0.1) is 0 Å². The van der Waals surface area contributed by atoms with E-state index in [4.69, 9.17) is 0 Å². The van der Waals surface area contributed by atoms with E-state index < -0.39 is 0 Å². The summed E-state index contributed by atoms with van der Waals surface area (Å²) in [5.74, 6) is 0. The summed E-state index contributed by atoms with van der Waals surface area (Å²) < 4.78 is 0. The van der Waals surface area contributed by atoms with Gasteiger partial charge >= 0.3 is 0 Å². The van der Waals surface area contributed by atoms with Gasteiger partial charge in [0.2, 0.25) is 0 Å².